The van der Waals surface area contributed by atoms with Crippen molar-refractivity contribution in [2.24, 2.45) is 0 Å². The van der Waals surface area contributed by atoms with E-state index in [1.165, 1.54) is 0 Å². The van der Waals surface area contributed by atoms with Crippen molar-refractivity contribution in [2.45, 2.75) is 26.0 Å². The van der Waals surface area contributed by atoms with Crippen LogP contribution in [0.25, 0.3) is 0 Å². The van der Waals surface area contributed by atoms with E-state index in [-0.39, 0.29) is 25.0 Å². The first kappa shape index (κ1) is 14.0. The van der Waals surface area contributed by atoms with Crippen LogP contribution in [0.2, 0.25) is 0 Å². The van der Waals surface area contributed by atoms with Crippen LogP contribution < -0.4 is 10.2 Å². The average molecular weight is 327 g/mol. The highest BCUT2D eigenvalue weighted by Crippen LogP contribution is 2.32. The quantitative estimate of drug-likeness (QED) is 0.801. The zero-order valence-electron chi connectivity index (χ0n) is 10.7. The Hall–Kier alpha value is -1.40. The van der Waals surface area contributed by atoms with Crippen LogP contribution >= 0.6 is 15.9 Å². The monoisotopic (exact) mass is 326 g/mol. The molecule has 0 bridgehead atoms. The third-order valence-electron chi connectivity index (χ3n) is 3.29. The first-order valence-electron chi connectivity index (χ1n) is 5.87. The second-order valence-electron chi connectivity index (χ2n) is 4.95. The maximum absolute atomic E-state index is 11.9. The standard InChI is InChI=1S/C13H15BrN2O3/c1-13(2)12(19)15-11(18)6-16(13)10-5-9(14)4-3-8(10)7-17/h3-5,17H,6-7H2,1-2H3,(H,15,18,19). The summed E-state index contributed by atoms with van der Waals surface area (Å²) in [5, 5.41) is 11.7. The SMILES string of the molecule is CC1(C)C(=O)NC(=O)CN1c1cc(Br)ccc1CO. The molecule has 1 heterocycles. The number of halogens is 1. The van der Waals surface area contributed by atoms with Crippen molar-refractivity contribution in [3.8, 4) is 0 Å². The van der Waals surface area contributed by atoms with E-state index in [1.54, 1.807) is 30.9 Å². The minimum atomic E-state index is -0.849. The lowest BCUT2D eigenvalue weighted by atomic mass is 9.96. The van der Waals surface area contributed by atoms with Crippen molar-refractivity contribution in [2.75, 3.05) is 11.4 Å². The summed E-state index contributed by atoms with van der Waals surface area (Å²) in [4.78, 5) is 25.2. The van der Waals surface area contributed by atoms with Gasteiger partial charge in [0.05, 0.1) is 13.2 Å². The fourth-order valence-corrected chi connectivity index (χ4v) is 2.44. The van der Waals surface area contributed by atoms with Gasteiger partial charge in [0, 0.05) is 15.7 Å². The number of anilines is 1. The zero-order valence-corrected chi connectivity index (χ0v) is 12.3. The number of hydrogen-bond acceptors (Lipinski definition) is 4. The van der Waals surface area contributed by atoms with Gasteiger partial charge in [0.1, 0.15) is 5.54 Å². The van der Waals surface area contributed by atoms with Gasteiger partial charge in [-0.25, -0.2) is 0 Å². The fraction of sp³-hybridized carbons (Fsp3) is 0.385. The molecule has 1 saturated heterocycles. The van der Waals surface area contributed by atoms with Gasteiger partial charge in [-0.15, -0.1) is 0 Å². The van der Waals surface area contributed by atoms with Gasteiger partial charge in [-0.1, -0.05) is 22.0 Å². The summed E-state index contributed by atoms with van der Waals surface area (Å²) in [6, 6.07) is 5.39. The largest absolute Gasteiger partial charge is 0.392 e. The number of carbonyl (C=O) groups excluding carboxylic acids is 2. The molecule has 102 valence electrons. The lowest BCUT2D eigenvalue weighted by molar-refractivity contribution is -0.135. The molecule has 5 nitrogen and oxygen atoms in total. The molecule has 1 aromatic rings. The predicted octanol–water partition coefficient (Wildman–Crippen LogP) is 1.18. The van der Waals surface area contributed by atoms with Gasteiger partial charge in [-0.05, 0) is 26.0 Å². The Labute approximate surface area is 119 Å². The Morgan fingerprint density at radius 3 is 2.74 bits per heavy atom. The molecule has 1 fully saturated rings. The summed E-state index contributed by atoms with van der Waals surface area (Å²) in [5.74, 6) is -0.680. The summed E-state index contributed by atoms with van der Waals surface area (Å²) < 4.78 is 0.828. The molecule has 2 rings (SSSR count). The molecule has 0 aliphatic carbocycles. The Kier molecular flexibility index (Phi) is 3.64. The highest BCUT2D eigenvalue weighted by atomic mass is 79.9. The third-order valence-corrected chi connectivity index (χ3v) is 3.79. The first-order chi connectivity index (χ1) is 8.86. The second kappa shape index (κ2) is 4.94. The van der Waals surface area contributed by atoms with Crippen molar-refractivity contribution in [3.05, 3.63) is 28.2 Å². The van der Waals surface area contributed by atoms with E-state index in [4.69, 9.17) is 0 Å². The van der Waals surface area contributed by atoms with Gasteiger partial charge in [-0.2, -0.15) is 0 Å². The number of rotatable bonds is 2. The van der Waals surface area contributed by atoms with Gasteiger partial charge in [0.25, 0.3) is 5.91 Å². The molecule has 6 heteroatoms. The first-order valence-corrected chi connectivity index (χ1v) is 6.67. The Balaban J connectivity index is 2.52. The Bertz CT molecular complexity index is 543. The van der Waals surface area contributed by atoms with E-state index in [2.05, 4.69) is 21.2 Å². The van der Waals surface area contributed by atoms with Crippen LogP contribution in [0.15, 0.2) is 22.7 Å². The molecule has 19 heavy (non-hydrogen) atoms. The summed E-state index contributed by atoms with van der Waals surface area (Å²) in [5.41, 5.74) is 0.516. The average Bonchev–Trinajstić information content (AvgIpc) is 2.34. The van der Waals surface area contributed by atoms with Crippen molar-refractivity contribution < 1.29 is 14.7 Å². The van der Waals surface area contributed by atoms with E-state index in [0.717, 1.165) is 4.47 Å². The molecule has 0 atom stereocenters. The number of imide groups is 1. The molecule has 2 amide bonds. The maximum atomic E-state index is 11.9. The van der Waals surface area contributed by atoms with Crippen LogP contribution in [0.5, 0.6) is 0 Å². The number of hydrogen-bond donors (Lipinski definition) is 2. The molecule has 1 aliphatic rings. The Morgan fingerprint density at radius 2 is 2.11 bits per heavy atom. The van der Waals surface area contributed by atoms with Gasteiger partial charge >= 0.3 is 0 Å². The molecular formula is C13H15BrN2O3. The number of amides is 2. The van der Waals surface area contributed by atoms with Crippen molar-refractivity contribution >= 4 is 33.4 Å². The number of aliphatic hydroxyl groups is 1. The van der Waals surface area contributed by atoms with Crippen LogP contribution in [-0.4, -0.2) is 29.0 Å². The van der Waals surface area contributed by atoms with E-state index < -0.39 is 5.54 Å². The van der Waals surface area contributed by atoms with Crippen LogP contribution in [0.4, 0.5) is 5.69 Å². The van der Waals surface area contributed by atoms with Gasteiger partial charge < -0.3 is 10.0 Å². The number of benzene rings is 1. The fourth-order valence-electron chi connectivity index (χ4n) is 2.09. The zero-order chi connectivity index (χ0) is 14.2. The molecule has 0 radical (unpaired) electrons. The molecule has 1 aromatic carbocycles. The summed E-state index contributed by atoms with van der Waals surface area (Å²) >= 11 is 3.37. The van der Waals surface area contributed by atoms with Crippen LogP contribution in [0.1, 0.15) is 19.4 Å². The Morgan fingerprint density at radius 1 is 1.42 bits per heavy atom. The van der Waals surface area contributed by atoms with E-state index in [9.17, 15) is 14.7 Å². The topological polar surface area (TPSA) is 69.6 Å². The third kappa shape index (κ3) is 2.50. The molecule has 1 aliphatic heterocycles. The van der Waals surface area contributed by atoms with Crippen LogP contribution in [-0.2, 0) is 16.2 Å². The highest BCUT2D eigenvalue weighted by Gasteiger charge is 2.41. The normalized spacial score (nSPS) is 18.4. The maximum Gasteiger partial charge on any atom is 0.251 e. The van der Waals surface area contributed by atoms with E-state index in [1.807, 2.05) is 6.07 Å². The molecule has 0 saturated carbocycles. The van der Waals surface area contributed by atoms with Crippen LogP contribution in [0.3, 0.4) is 0 Å². The minimum absolute atomic E-state index is 0.0855. The molecule has 0 spiro atoms. The number of carbonyl (C=O) groups is 2. The van der Waals surface area contributed by atoms with E-state index in [0.29, 0.717) is 11.3 Å². The lowest BCUT2D eigenvalue weighted by Gasteiger charge is -2.42. The molecule has 0 aromatic heterocycles. The predicted molar refractivity (Wildman–Crippen MR) is 74.6 cm³/mol. The number of nitrogens with zero attached hydrogens (tertiary/aromatic N) is 1. The molecule has 0 unspecified atom stereocenters. The lowest BCUT2D eigenvalue weighted by Crippen LogP contribution is -2.64. The number of piperazine rings is 1. The smallest absolute Gasteiger partial charge is 0.251 e. The van der Waals surface area contributed by atoms with Gasteiger partial charge in [0.15, 0.2) is 0 Å². The number of aliphatic hydroxyl groups excluding tert-OH is 1. The van der Waals surface area contributed by atoms with E-state index >= 15 is 0 Å². The minimum Gasteiger partial charge on any atom is -0.392 e. The van der Waals surface area contributed by atoms with Gasteiger partial charge in [-0.3, -0.25) is 14.9 Å². The van der Waals surface area contributed by atoms with Crippen molar-refractivity contribution in [1.29, 1.82) is 0 Å². The summed E-state index contributed by atoms with van der Waals surface area (Å²) in [6.07, 6.45) is 0. The van der Waals surface area contributed by atoms with Crippen molar-refractivity contribution in [1.82, 2.24) is 5.32 Å². The number of nitrogens with one attached hydrogen (secondary N) is 1. The summed E-state index contributed by atoms with van der Waals surface area (Å²) in [7, 11) is 0. The van der Waals surface area contributed by atoms with Gasteiger partial charge in [0.2, 0.25) is 5.91 Å². The molecular weight excluding hydrogens is 312 g/mol. The second-order valence-corrected chi connectivity index (χ2v) is 5.87. The van der Waals surface area contributed by atoms with Crippen LogP contribution in [0, 0.1) is 0 Å². The summed E-state index contributed by atoms with van der Waals surface area (Å²) in [6.45, 7) is 3.43. The highest BCUT2D eigenvalue weighted by molar-refractivity contribution is 9.10. The molecule has 2 N–H and O–H groups in total. The van der Waals surface area contributed by atoms with Crippen molar-refractivity contribution in [3.63, 3.8) is 0 Å².